The molecule has 5 nitrogen and oxygen atoms in total. The summed E-state index contributed by atoms with van der Waals surface area (Å²) in [6, 6.07) is 0. The van der Waals surface area contributed by atoms with Crippen LogP contribution in [0.15, 0.2) is 4.60 Å². The van der Waals surface area contributed by atoms with Crippen LogP contribution in [0.2, 0.25) is 0 Å². The van der Waals surface area contributed by atoms with Gasteiger partial charge in [-0.05, 0) is 34.7 Å². The lowest BCUT2D eigenvalue weighted by atomic mass is 9.75. The number of hydrogen-bond donors (Lipinski definition) is 1. The third-order valence-electron chi connectivity index (χ3n) is 3.98. The molecule has 0 amide bonds. The maximum atomic E-state index is 10.7. The van der Waals surface area contributed by atoms with Gasteiger partial charge in [0.2, 0.25) is 0 Å². The second-order valence-electron chi connectivity index (χ2n) is 5.26. The normalized spacial score (nSPS) is 30.4. The highest BCUT2D eigenvalue weighted by Gasteiger charge is 2.44. The van der Waals surface area contributed by atoms with Gasteiger partial charge in [-0.3, -0.25) is 0 Å². The zero-order chi connectivity index (χ0) is 13.3. The van der Waals surface area contributed by atoms with E-state index in [1.54, 1.807) is 18.8 Å². The van der Waals surface area contributed by atoms with Crippen LogP contribution in [0.25, 0.3) is 0 Å². The van der Waals surface area contributed by atoms with Crippen molar-refractivity contribution in [2.45, 2.75) is 44.3 Å². The average Bonchev–Trinajstić information content (AvgIpc) is 2.68. The van der Waals surface area contributed by atoms with E-state index in [2.05, 4.69) is 33.2 Å². The van der Waals surface area contributed by atoms with Gasteiger partial charge in [0.25, 0.3) is 0 Å². The van der Waals surface area contributed by atoms with Gasteiger partial charge in [-0.15, -0.1) is 5.10 Å². The second-order valence-corrected chi connectivity index (χ2v) is 6.01. The van der Waals surface area contributed by atoms with Crippen LogP contribution in [0.4, 0.5) is 0 Å². The topological polar surface area (TPSA) is 60.2 Å². The van der Waals surface area contributed by atoms with Crippen LogP contribution in [0.3, 0.4) is 0 Å². The van der Waals surface area contributed by atoms with Gasteiger partial charge in [-0.2, -0.15) is 0 Å². The Balaban J connectivity index is 2.32. The molecule has 3 unspecified atom stereocenters. The van der Waals surface area contributed by atoms with Crippen LogP contribution in [0.1, 0.15) is 44.4 Å². The standard InChI is InChI=1S/C12H20BrN3O2/c1-8-5-4-6-12(7-8,18-3)10(17)9-11(13)14-15-16(9)2/h8,10,17H,4-7H2,1-3H3. The van der Waals surface area contributed by atoms with E-state index in [1.165, 1.54) is 6.42 Å². The number of aliphatic hydroxyl groups excluding tert-OH is 1. The minimum Gasteiger partial charge on any atom is -0.384 e. The molecule has 1 fully saturated rings. The molecule has 1 aliphatic carbocycles. The first-order valence-corrected chi connectivity index (χ1v) is 7.08. The number of aryl methyl sites for hydroxylation is 1. The number of nitrogens with zero attached hydrogens (tertiary/aromatic N) is 3. The third-order valence-corrected chi connectivity index (χ3v) is 4.55. The first-order chi connectivity index (χ1) is 8.50. The van der Waals surface area contributed by atoms with E-state index < -0.39 is 11.7 Å². The molecule has 0 saturated heterocycles. The van der Waals surface area contributed by atoms with E-state index in [1.807, 2.05) is 0 Å². The van der Waals surface area contributed by atoms with Crippen molar-refractivity contribution in [2.75, 3.05) is 7.11 Å². The lowest BCUT2D eigenvalue weighted by Gasteiger charge is -2.42. The number of methoxy groups -OCH3 is 1. The summed E-state index contributed by atoms with van der Waals surface area (Å²) < 4.78 is 7.90. The Bertz CT molecular complexity index is 404. The molecule has 102 valence electrons. The second kappa shape index (κ2) is 5.27. The maximum Gasteiger partial charge on any atom is 0.154 e. The molecule has 1 aromatic heterocycles. The lowest BCUT2D eigenvalue weighted by Crippen LogP contribution is -2.43. The third kappa shape index (κ3) is 2.33. The van der Waals surface area contributed by atoms with E-state index in [0.29, 0.717) is 16.2 Å². The molecular weight excluding hydrogens is 298 g/mol. The zero-order valence-electron chi connectivity index (χ0n) is 11.1. The Morgan fingerprint density at radius 3 is 2.83 bits per heavy atom. The molecule has 1 saturated carbocycles. The molecule has 0 spiro atoms. The van der Waals surface area contributed by atoms with Crippen molar-refractivity contribution >= 4 is 15.9 Å². The molecule has 18 heavy (non-hydrogen) atoms. The Hall–Kier alpha value is -0.460. The lowest BCUT2D eigenvalue weighted by molar-refractivity contribution is -0.136. The Labute approximate surface area is 116 Å². The smallest absolute Gasteiger partial charge is 0.154 e. The number of aliphatic hydroxyl groups is 1. The van der Waals surface area contributed by atoms with Gasteiger partial charge >= 0.3 is 0 Å². The molecule has 1 aromatic rings. The summed E-state index contributed by atoms with van der Waals surface area (Å²) in [5, 5.41) is 18.6. The van der Waals surface area contributed by atoms with Crippen molar-refractivity contribution < 1.29 is 9.84 Å². The van der Waals surface area contributed by atoms with Crippen molar-refractivity contribution in [3.8, 4) is 0 Å². The van der Waals surface area contributed by atoms with E-state index in [4.69, 9.17) is 4.74 Å². The Morgan fingerprint density at radius 2 is 2.33 bits per heavy atom. The summed E-state index contributed by atoms with van der Waals surface area (Å²) in [7, 11) is 3.46. The molecule has 2 rings (SSSR count). The number of halogens is 1. The number of rotatable bonds is 3. The quantitative estimate of drug-likeness (QED) is 0.928. The predicted molar refractivity (Wildman–Crippen MR) is 71.0 cm³/mol. The molecule has 0 radical (unpaired) electrons. The van der Waals surface area contributed by atoms with Gasteiger partial charge in [0, 0.05) is 14.2 Å². The van der Waals surface area contributed by atoms with Gasteiger partial charge in [0.1, 0.15) is 11.8 Å². The molecule has 3 atom stereocenters. The van der Waals surface area contributed by atoms with Crippen molar-refractivity contribution in [2.24, 2.45) is 13.0 Å². The first-order valence-electron chi connectivity index (χ1n) is 6.28. The van der Waals surface area contributed by atoms with Crippen LogP contribution >= 0.6 is 15.9 Å². The van der Waals surface area contributed by atoms with E-state index >= 15 is 0 Å². The Kier molecular flexibility index (Phi) is 4.08. The average molecular weight is 318 g/mol. The highest BCUT2D eigenvalue weighted by Crippen LogP contribution is 2.44. The molecule has 1 aliphatic rings. The number of aromatic nitrogens is 3. The van der Waals surface area contributed by atoms with Crippen molar-refractivity contribution in [3.05, 3.63) is 10.3 Å². The molecule has 1 heterocycles. The zero-order valence-corrected chi connectivity index (χ0v) is 12.6. The number of ether oxygens (including phenoxy) is 1. The highest BCUT2D eigenvalue weighted by atomic mass is 79.9. The summed E-state index contributed by atoms with van der Waals surface area (Å²) in [6.45, 7) is 2.20. The molecular formula is C12H20BrN3O2. The van der Waals surface area contributed by atoms with Crippen LogP contribution in [0, 0.1) is 5.92 Å². The molecule has 6 heteroatoms. The van der Waals surface area contributed by atoms with Crippen molar-refractivity contribution in [1.82, 2.24) is 15.0 Å². The SMILES string of the molecule is COC1(C(O)c2c(Br)nnn2C)CCCC(C)C1. The summed E-state index contributed by atoms with van der Waals surface area (Å²) >= 11 is 3.34. The maximum absolute atomic E-state index is 10.7. The molecule has 0 bridgehead atoms. The van der Waals surface area contributed by atoms with E-state index in [-0.39, 0.29) is 0 Å². The van der Waals surface area contributed by atoms with Crippen LogP contribution in [-0.4, -0.2) is 32.8 Å². The fourth-order valence-corrected chi connectivity index (χ4v) is 3.51. The van der Waals surface area contributed by atoms with Gasteiger partial charge < -0.3 is 9.84 Å². The predicted octanol–water partition coefficient (Wildman–Crippen LogP) is 2.21. The van der Waals surface area contributed by atoms with Crippen molar-refractivity contribution in [3.63, 3.8) is 0 Å². The van der Waals surface area contributed by atoms with Gasteiger partial charge in [0.15, 0.2) is 4.60 Å². The van der Waals surface area contributed by atoms with E-state index in [0.717, 1.165) is 19.3 Å². The van der Waals surface area contributed by atoms with Gasteiger partial charge in [-0.1, -0.05) is 25.0 Å². The fourth-order valence-electron chi connectivity index (χ4n) is 2.97. The Morgan fingerprint density at radius 1 is 1.61 bits per heavy atom. The van der Waals surface area contributed by atoms with Crippen molar-refractivity contribution in [1.29, 1.82) is 0 Å². The fraction of sp³-hybridized carbons (Fsp3) is 0.833. The van der Waals surface area contributed by atoms with Crippen LogP contribution in [0.5, 0.6) is 0 Å². The summed E-state index contributed by atoms with van der Waals surface area (Å²) in [5.74, 6) is 0.563. The van der Waals surface area contributed by atoms with E-state index in [9.17, 15) is 5.11 Å². The summed E-state index contributed by atoms with van der Waals surface area (Å²) in [5.41, 5.74) is 0.168. The minimum absolute atomic E-state index is 0.518. The minimum atomic E-state index is -0.709. The molecule has 0 aromatic carbocycles. The monoisotopic (exact) mass is 317 g/mol. The molecule has 0 aliphatic heterocycles. The first kappa shape index (κ1) is 14.0. The van der Waals surface area contributed by atoms with Gasteiger partial charge in [-0.25, -0.2) is 4.68 Å². The highest BCUT2D eigenvalue weighted by molar-refractivity contribution is 9.10. The molecule has 1 N–H and O–H groups in total. The van der Waals surface area contributed by atoms with Crippen LogP contribution in [-0.2, 0) is 11.8 Å². The number of hydrogen-bond acceptors (Lipinski definition) is 4. The summed E-state index contributed by atoms with van der Waals surface area (Å²) in [6.07, 6.45) is 3.30. The van der Waals surface area contributed by atoms with Crippen LogP contribution < -0.4 is 0 Å². The summed E-state index contributed by atoms with van der Waals surface area (Å²) in [4.78, 5) is 0. The largest absolute Gasteiger partial charge is 0.384 e. The van der Waals surface area contributed by atoms with Gasteiger partial charge in [0.05, 0.1) is 5.60 Å².